The van der Waals surface area contributed by atoms with E-state index < -0.39 is 5.97 Å². The van der Waals surface area contributed by atoms with Crippen LogP contribution in [0, 0.1) is 5.92 Å². The maximum atomic E-state index is 11.6. The number of hydrogen-bond donors (Lipinski definition) is 3. The summed E-state index contributed by atoms with van der Waals surface area (Å²) in [7, 11) is 0. The third-order valence-corrected chi connectivity index (χ3v) is 2.45. The van der Waals surface area contributed by atoms with Gasteiger partial charge >= 0.3 is 5.97 Å². The van der Waals surface area contributed by atoms with E-state index in [1.807, 2.05) is 13.8 Å². The van der Waals surface area contributed by atoms with Crippen LogP contribution in [-0.4, -0.2) is 51.0 Å². The first-order valence-corrected chi connectivity index (χ1v) is 6.55. The molecule has 0 saturated heterocycles. The van der Waals surface area contributed by atoms with Crippen LogP contribution in [0.2, 0.25) is 0 Å². The molecule has 3 N–H and O–H groups in total. The number of carboxylic acid groups (broad SMARTS) is 1. The number of aromatic nitrogens is 3. The molecule has 9 nitrogen and oxygen atoms in total. The fraction of sp³-hybridized carbons (Fsp3) is 0.583. The van der Waals surface area contributed by atoms with E-state index in [9.17, 15) is 14.4 Å². The van der Waals surface area contributed by atoms with Gasteiger partial charge in [0.25, 0.3) is 0 Å². The number of aromatic carboxylic acids is 1. The Hall–Kier alpha value is -2.45. The molecule has 1 rings (SSSR count). The first-order valence-electron chi connectivity index (χ1n) is 6.55. The van der Waals surface area contributed by atoms with Crippen molar-refractivity contribution < 1.29 is 19.5 Å². The third-order valence-electron chi connectivity index (χ3n) is 2.45. The Kier molecular flexibility index (Phi) is 6.31. The van der Waals surface area contributed by atoms with Crippen molar-refractivity contribution >= 4 is 17.8 Å². The van der Waals surface area contributed by atoms with Gasteiger partial charge in [0.05, 0.1) is 6.20 Å². The number of nitrogens with one attached hydrogen (secondary N) is 2. The molecule has 0 aromatic carbocycles. The molecule has 1 aromatic heterocycles. The minimum Gasteiger partial charge on any atom is -0.476 e. The molecule has 0 aliphatic heterocycles. The summed E-state index contributed by atoms with van der Waals surface area (Å²) in [5, 5.41) is 20.9. The normalized spacial score (nSPS) is 10.4. The summed E-state index contributed by atoms with van der Waals surface area (Å²) in [6.45, 7) is 4.65. The average Bonchev–Trinajstić information content (AvgIpc) is 2.85. The van der Waals surface area contributed by atoms with Crippen LogP contribution < -0.4 is 10.6 Å². The van der Waals surface area contributed by atoms with Crippen molar-refractivity contribution in [2.75, 3.05) is 13.1 Å². The van der Waals surface area contributed by atoms with Crippen molar-refractivity contribution in [3.05, 3.63) is 11.9 Å². The monoisotopic (exact) mass is 297 g/mol. The fourth-order valence-electron chi connectivity index (χ4n) is 1.40. The summed E-state index contributed by atoms with van der Waals surface area (Å²) < 4.78 is 1.12. The lowest BCUT2D eigenvalue weighted by Gasteiger charge is -2.08. The molecule has 0 atom stereocenters. The van der Waals surface area contributed by atoms with Gasteiger partial charge in [-0.3, -0.25) is 9.59 Å². The minimum atomic E-state index is -1.21. The molecule has 0 unspecified atom stereocenters. The van der Waals surface area contributed by atoms with Crippen LogP contribution >= 0.6 is 0 Å². The lowest BCUT2D eigenvalue weighted by Crippen LogP contribution is -2.33. The highest BCUT2D eigenvalue weighted by atomic mass is 16.4. The number of carbonyl (C=O) groups is 3. The Morgan fingerprint density at radius 3 is 2.57 bits per heavy atom. The highest BCUT2D eigenvalue weighted by molar-refractivity contribution is 5.84. The Labute approximate surface area is 121 Å². The largest absolute Gasteiger partial charge is 0.476 e. The molecule has 116 valence electrons. The van der Waals surface area contributed by atoms with Crippen molar-refractivity contribution in [3.63, 3.8) is 0 Å². The zero-order chi connectivity index (χ0) is 15.8. The van der Waals surface area contributed by atoms with Crippen molar-refractivity contribution in [1.29, 1.82) is 0 Å². The zero-order valence-corrected chi connectivity index (χ0v) is 12.0. The maximum Gasteiger partial charge on any atom is 0.358 e. The molecule has 1 heterocycles. The zero-order valence-electron chi connectivity index (χ0n) is 12.0. The predicted molar refractivity (Wildman–Crippen MR) is 72.5 cm³/mol. The summed E-state index contributed by atoms with van der Waals surface area (Å²) >= 11 is 0. The van der Waals surface area contributed by atoms with E-state index in [0.29, 0.717) is 12.5 Å². The number of carbonyl (C=O) groups excluding carboxylic acids is 2. The second kappa shape index (κ2) is 7.98. The molecule has 1 aromatic rings. The van der Waals surface area contributed by atoms with Gasteiger partial charge in [-0.05, 0) is 5.92 Å². The highest BCUT2D eigenvalue weighted by Gasteiger charge is 2.10. The van der Waals surface area contributed by atoms with Gasteiger partial charge in [-0.25, -0.2) is 9.48 Å². The molecule has 21 heavy (non-hydrogen) atoms. The molecule has 0 spiro atoms. The Morgan fingerprint density at radius 2 is 2.00 bits per heavy atom. The van der Waals surface area contributed by atoms with E-state index in [1.165, 1.54) is 0 Å². The Bertz CT molecular complexity index is 512. The van der Waals surface area contributed by atoms with Gasteiger partial charge in [0.1, 0.15) is 6.54 Å². The highest BCUT2D eigenvalue weighted by Crippen LogP contribution is 1.92. The molecule has 0 bridgehead atoms. The predicted octanol–water partition coefficient (Wildman–Crippen LogP) is -0.745. The van der Waals surface area contributed by atoms with Crippen molar-refractivity contribution in [1.82, 2.24) is 25.6 Å². The third kappa shape index (κ3) is 6.50. The van der Waals surface area contributed by atoms with Gasteiger partial charge in [-0.1, -0.05) is 19.1 Å². The Morgan fingerprint density at radius 1 is 1.29 bits per heavy atom. The number of amides is 2. The molecule has 0 aliphatic carbocycles. The molecule has 2 amide bonds. The van der Waals surface area contributed by atoms with E-state index in [0.717, 1.165) is 10.9 Å². The Balaban J connectivity index is 2.24. The van der Waals surface area contributed by atoms with Gasteiger partial charge in [0.2, 0.25) is 11.8 Å². The molecule has 0 radical (unpaired) electrons. The van der Waals surface area contributed by atoms with Crippen LogP contribution in [0.4, 0.5) is 0 Å². The van der Waals surface area contributed by atoms with Crippen molar-refractivity contribution in [3.8, 4) is 0 Å². The maximum absolute atomic E-state index is 11.6. The molecule has 0 saturated carbocycles. The SMILES string of the molecule is CC(C)CNC(=O)CCNC(=O)Cn1cc(C(=O)O)nn1. The van der Waals surface area contributed by atoms with E-state index in [2.05, 4.69) is 20.9 Å². The second-order valence-electron chi connectivity index (χ2n) is 4.90. The number of rotatable bonds is 8. The summed E-state index contributed by atoms with van der Waals surface area (Å²) in [6, 6.07) is 0. The summed E-state index contributed by atoms with van der Waals surface area (Å²) in [5.41, 5.74) is -0.226. The second-order valence-corrected chi connectivity index (χ2v) is 4.90. The van der Waals surface area contributed by atoms with Crippen LogP contribution in [-0.2, 0) is 16.1 Å². The van der Waals surface area contributed by atoms with Gasteiger partial charge in [0, 0.05) is 19.5 Å². The smallest absolute Gasteiger partial charge is 0.358 e. The van der Waals surface area contributed by atoms with Crippen LogP contribution in [0.25, 0.3) is 0 Å². The average molecular weight is 297 g/mol. The summed E-state index contributed by atoms with van der Waals surface area (Å²) in [6.07, 6.45) is 1.35. The van der Waals surface area contributed by atoms with E-state index >= 15 is 0 Å². The van der Waals surface area contributed by atoms with Gasteiger partial charge in [-0.2, -0.15) is 0 Å². The molecular weight excluding hydrogens is 278 g/mol. The van der Waals surface area contributed by atoms with Crippen molar-refractivity contribution in [2.45, 2.75) is 26.8 Å². The lowest BCUT2D eigenvalue weighted by atomic mass is 10.2. The molecule has 9 heteroatoms. The van der Waals surface area contributed by atoms with Crippen LogP contribution in [0.5, 0.6) is 0 Å². The lowest BCUT2D eigenvalue weighted by molar-refractivity contribution is -0.122. The number of hydrogen-bond acceptors (Lipinski definition) is 5. The van der Waals surface area contributed by atoms with Crippen LogP contribution in [0.3, 0.4) is 0 Å². The quantitative estimate of drug-likeness (QED) is 0.580. The summed E-state index contributed by atoms with van der Waals surface area (Å²) in [5.74, 6) is -1.32. The first kappa shape index (κ1) is 16.6. The van der Waals surface area contributed by atoms with Gasteiger partial charge < -0.3 is 15.7 Å². The molecule has 0 aliphatic rings. The van der Waals surface area contributed by atoms with E-state index in [4.69, 9.17) is 5.11 Å². The van der Waals surface area contributed by atoms with E-state index in [-0.39, 0.29) is 37.0 Å². The number of nitrogens with zero attached hydrogens (tertiary/aromatic N) is 3. The van der Waals surface area contributed by atoms with E-state index in [1.54, 1.807) is 0 Å². The number of carboxylic acids is 1. The molecular formula is C12H19N5O4. The van der Waals surface area contributed by atoms with Gasteiger partial charge in [-0.15, -0.1) is 5.10 Å². The standard InChI is InChI=1S/C12H19N5O4/c1-8(2)5-14-10(18)3-4-13-11(19)7-17-6-9(12(20)21)15-16-17/h6,8H,3-5,7H2,1-2H3,(H,13,19)(H,14,18)(H,20,21). The van der Waals surface area contributed by atoms with Crippen LogP contribution in [0.15, 0.2) is 6.20 Å². The minimum absolute atomic E-state index is 0.127. The van der Waals surface area contributed by atoms with Crippen LogP contribution in [0.1, 0.15) is 30.8 Å². The molecule has 0 fully saturated rings. The topological polar surface area (TPSA) is 126 Å². The van der Waals surface area contributed by atoms with Gasteiger partial charge in [0.15, 0.2) is 5.69 Å². The first-order chi connectivity index (χ1) is 9.88. The van der Waals surface area contributed by atoms with Crippen molar-refractivity contribution in [2.24, 2.45) is 5.92 Å². The fourth-order valence-corrected chi connectivity index (χ4v) is 1.40. The summed E-state index contributed by atoms with van der Waals surface area (Å²) in [4.78, 5) is 33.6.